The van der Waals surface area contributed by atoms with E-state index >= 15 is 0 Å². The zero-order chi connectivity index (χ0) is 14.4. The molecule has 1 aromatic heterocycles. The van der Waals surface area contributed by atoms with E-state index in [9.17, 15) is 9.59 Å². The number of benzene rings is 1. The summed E-state index contributed by atoms with van der Waals surface area (Å²) < 4.78 is 0. The fourth-order valence-corrected chi connectivity index (χ4v) is 2.05. The van der Waals surface area contributed by atoms with Crippen molar-refractivity contribution in [2.75, 3.05) is 6.54 Å². The molecule has 1 heterocycles. The molecule has 4 nitrogen and oxygen atoms in total. The van der Waals surface area contributed by atoms with Crippen molar-refractivity contribution in [1.29, 1.82) is 0 Å². The van der Waals surface area contributed by atoms with Gasteiger partial charge in [-0.15, -0.1) is 0 Å². The van der Waals surface area contributed by atoms with Gasteiger partial charge < -0.3 is 10.3 Å². The van der Waals surface area contributed by atoms with Crippen molar-refractivity contribution >= 4 is 5.91 Å². The third kappa shape index (κ3) is 4.09. The molecule has 0 bridgehead atoms. The minimum absolute atomic E-state index is 0.202. The van der Waals surface area contributed by atoms with Gasteiger partial charge in [0.05, 0.1) is 0 Å². The highest BCUT2D eigenvalue weighted by atomic mass is 16.2. The Hall–Kier alpha value is -2.36. The van der Waals surface area contributed by atoms with E-state index in [2.05, 4.69) is 22.4 Å². The minimum atomic E-state index is -0.251. The maximum atomic E-state index is 11.9. The van der Waals surface area contributed by atoms with Gasteiger partial charge in [-0.25, -0.2) is 0 Å². The first-order valence-electron chi connectivity index (χ1n) is 6.68. The van der Waals surface area contributed by atoms with Crippen molar-refractivity contribution < 1.29 is 4.79 Å². The van der Waals surface area contributed by atoms with Crippen LogP contribution in [-0.4, -0.2) is 17.4 Å². The molecule has 0 spiro atoms. The second-order valence-corrected chi connectivity index (χ2v) is 4.76. The largest absolute Gasteiger partial charge is 0.352 e. The monoisotopic (exact) mass is 270 g/mol. The topological polar surface area (TPSA) is 62.0 Å². The lowest BCUT2D eigenvalue weighted by Gasteiger charge is -2.06. The lowest BCUT2D eigenvalue weighted by molar-refractivity contribution is 0.0953. The van der Waals surface area contributed by atoms with E-state index in [0.717, 1.165) is 12.8 Å². The van der Waals surface area contributed by atoms with Gasteiger partial charge in [0, 0.05) is 23.9 Å². The Morgan fingerprint density at radius 3 is 2.65 bits per heavy atom. The molecule has 1 aromatic carbocycles. The average molecular weight is 270 g/mol. The summed E-state index contributed by atoms with van der Waals surface area (Å²) >= 11 is 0. The Kier molecular flexibility index (Phi) is 4.71. The summed E-state index contributed by atoms with van der Waals surface area (Å²) in [6, 6.07) is 13.1. The molecule has 0 saturated heterocycles. The number of nitrogens with one attached hydrogen (secondary N) is 2. The molecule has 0 saturated carbocycles. The first-order chi connectivity index (χ1) is 9.65. The summed E-state index contributed by atoms with van der Waals surface area (Å²) in [5.74, 6) is -0.202. The number of aryl methyl sites for hydroxylation is 2. The predicted molar refractivity (Wildman–Crippen MR) is 78.9 cm³/mol. The van der Waals surface area contributed by atoms with E-state index in [4.69, 9.17) is 0 Å². The fourth-order valence-electron chi connectivity index (χ4n) is 2.05. The summed E-state index contributed by atoms with van der Waals surface area (Å²) in [7, 11) is 0. The summed E-state index contributed by atoms with van der Waals surface area (Å²) in [6.45, 7) is 2.35. The van der Waals surface area contributed by atoms with E-state index in [1.165, 1.54) is 11.6 Å². The Balaban J connectivity index is 1.82. The Bertz CT molecular complexity index is 632. The Morgan fingerprint density at radius 1 is 1.20 bits per heavy atom. The van der Waals surface area contributed by atoms with Gasteiger partial charge in [0.15, 0.2) is 0 Å². The molecule has 0 fully saturated rings. The number of H-pyrrole nitrogens is 1. The van der Waals surface area contributed by atoms with E-state index in [1.54, 1.807) is 13.0 Å². The molecule has 0 aliphatic carbocycles. The van der Waals surface area contributed by atoms with Crippen LogP contribution in [0.5, 0.6) is 0 Å². The first kappa shape index (κ1) is 14.1. The zero-order valence-corrected chi connectivity index (χ0v) is 11.5. The maximum absolute atomic E-state index is 11.9. The Labute approximate surface area is 117 Å². The SMILES string of the molecule is Cc1cc(C(=O)NCCCc2ccccc2)cc(=O)[nH]1. The Morgan fingerprint density at radius 2 is 1.95 bits per heavy atom. The van der Waals surface area contributed by atoms with Crippen molar-refractivity contribution in [2.45, 2.75) is 19.8 Å². The number of aromatic amines is 1. The van der Waals surface area contributed by atoms with E-state index < -0.39 is 0 Å². The molecule has 104 valence electrons. The molecule has 0 radical (unpaired) electrons. The third-order valence-electron chi connectivity index (χ3n) is 3.01. The molecular formula is C16H18N2O2. The molecule has 1 amide bonds. The van der Waals surface area contributed by atoms with Crippen molar-refractivity contribution in [2.24, 2.45) is 0 Å². The van der Waals surface area contributed by atoms with Gasteiger partial charge in [0.25, 0.3) is 5.91 Å². The molecule has 0 aliphatic rings. The highest BCUT2D eigenvalue weighted by Gasteiger charge is 2.06. The molecule has 2 rings (SSSR count). The number of rotatable bonds is 5. The van der Waals surface area contributed by atoms with Crippen molar-refractivity contribution in [3.63, 3.8) is 0 Å². The fraction of sp³-hybridized carbons (Fsp3) is 0.250. The van der Waals surface area contributed by atoms with Gasteiger partial charge in [0.2, 0.25) is 5.56 Å². The van der Waals surface area contributed by atoms with Crippen LogP contribution >= 0.6 is 0 Å². The van der Waals surface area contributed by atoms with Crippen LogP contribution in [0, 0.1) is 6.92 Å². The first-order valence-corrected chi connectivity index (χ1v) is 6.68. The number of hydrogen-bond donors (Lipinski definition) is 2. The average Bonchev–Trinajstić information content (AvgIpc) is 2.43. The van der Waals surface area contributed by atoms with E-state index in [1.807, 2.05) is 18.2 Å². The molecule has 0 atom stereocenters. The van der Waals surface area contributed by atoms with Crippen LogP contribution in [0.1, 0.15) is 28.0 Å². The van der Waals surface area contributed by atoms with Crippen LogP contribution in [-0.2, 0) is 6.42 Å². The van der Waals surface area contributed by atoms with Crippen molar-refractivity contribution in [1.82, 2.24) is 10.3 Å². The van der Waals surface area contributed by atoms with Crippen LogP contribution in [0.25, 0.3) is 0 Å². The highest BCUT2D eigenvalue weighted by Crippen LogP contribution is 2.02. The zero-order valence-electron chi connectivity index (χ0n) is 11.5. The number of pyridine rings is 1. The van der Waals surface area contributed by atoms with E-state index in [-0.39, 0.29) is 11.5 Å². The molecule has 0 aliphatic heterocycles. The van der Waals surface area contributed by atoms with Crippen LogP contribution < -0.4 is 10.9 Å². The smallest absolute Gasteiger partial charge is 0.251 e. The molecule has 0 unspecified atom stereocenters. The van der Waals surface area contributed by atoms with Crippen molar-refractivity contribution in [3.05, 3.63) is 69.6 Å². The quantitative estimate of drug-likeness (QED) is 0.817. The molecule has 4 heteroatoms. The van der Waals surface area contributed by atoms with Gasteiger partial charge in [0.1, 0.15) is 0 Å². The van der Waals surface area contributed by atoms with Crippen LogP contribution in [0.3, 0.4) is 0 Å². The number of carbonyl (C=O) groups is 1. The van der Waals surface area contributed by atoms with Gasteiger partial charge in [-0.1, -0.05) is 30.3 Å². The van der Waals surface area contributed by atoms with Crippen LogP contribution in [0.2, 0.25) is 0 Å². The summed E-state index contributed by atoms with van der Waals surface area (Å²) in [6.07, 6.45) is 1.80. The normalized spacial score (nSPS) is 10.2. The second-order valence-electron chi connectivity index (χ2n) is 4.76. The van der Waals surface area contributed by atoms with Crippen molar-refractivity contribution in [3.8, 4) is 0 Å². The second kappa shape index (κ2) is 6.70. The standard InChI is InChI=1S/C16H18N2O2/c1-12-10-14(11-15(19)18-12)16(20)17-9-5-8-13-6-3-2-4-7-13/h2-4,6-7,10-11H,5,8-9H2,1H3,(H,17,20)(H,18,19). The lowest BCUT2D eigenvalue weighted by Crippen LogP contribution is -2.26. The molecule has 2 aromatic rings. The van der Waals surface area contributed by atoms with Gasteiger partial charge in [-0.05, 0) is 31.4 Å². The van der Waals surface area contributed by atoms with Gasteiger partial charge in [-0.3, -0.25) is 9.59 Å². The minimum Gasteiger partial charge on any atom is -0.352 e. The number of amides is 1. The van der Waals surface area contributed by atoms with Gasteiger partial charge >= 0.3 is 0 Å². The molecule has 2 N–H and O–H groups in total. The predicted octanol–water partition coefficient (Wildman–Crippen LogP) is 2.05. The number of aromatic nitrogens is 1. The van der Waals surface area contributed by atoms with Crippen LogP contribution in [0.4, 0.5) is 0 Å². The molecular weight excluding hydrogens is 252 g/mol. The van der Waals surface area contributed by atoms with Gasteiger partial charge in [-0.2, -0.15) is 0 Å². The molecule has 20 heavy (non-hydrogen) atoms. The maximum Gasteiger partial charge on any atom is 0.251 e. The lowest BCUT2D eigenvalue weighted by atomic mass is 10.1. The van der Waals surface area contributed by atoms with Crippen LogP contribution in [0.15, 0.2) is 47.3 Å². The van der Waals surface area contributed by atoms with E-state index in [0.29, 0.717) is 17.8 Å². The number of hydrogen-bond acceptors (Lipinski definition) is 2. The number of carbonyl (C=O) groups excluding carboxylic acids is 1. The summed E-state index contributed by atoms with van der Waals surface area (Å²) in [5.41, 5.74) is 2.10. The third-order valence-corrected chi connectivity index (χ3v) is 3.01. The summed E-state index contributed by atoms with van der Waals surface area (Å²) in [5, 5.41) is 2.83. The summed E-state index contributed by atoms with van der Waals surface area (Å²) in [4.78, 5) is 25.8. The highest BCUT2D eigenvalue weighted by molar-refractivity contribution is 5.94.